The van der Waals surface area contributed by atoms with Crippen LogP contribution in [0.15, 0.2) is 18.2 Å². The Bertz CT molecular complexity index is 548. The van der Waals surface area contributed by atoms with Gasteiger partial charge in [-0.25, -0.2) is 0 Å². The third-order valence-electron chi connectivity index (χ3n) is 4.85. The highest BCUT2D eigenvalue weighted by Crippen LogP contribution is 2.25. The monoisotopic (exact) mass is 347 g/mol. The quantitative estimate of drug-likeness (QED) is 0.732. The van der Waals surface area contributed by atoms with Gasteiger partial charge >= 0.3 is 0 Å². The van der Waals surface area contributed by atoms with Crippen molar-refractivity contribution in [2.45, 2.75) is 52.5 Å². The fourth-order valence-electron chi connectivity index (χ4n) is 3.62. The smallest absolute Gasteiger partial charge is 0.253 e. The van der Waals surface area contributed by atoms with E-state index in [9.17, 15) is 4.79 Å². The molecule has 0 aliphatic carbocycles. The zero-order valence-corrected chi connectivity index (χ0v) is 16.0. The Morgan fingerprint density at radius 2 is 1.84 bits per heavy atom. The third-order valence-corrected chi connectivity index (χ3v) is 4.85. The molecule has 0 aromatic heterocycles. The summed E-state index contributed by atoms with van der Waals surface area (Å²) in [5.74, 6) is 0.678. The number of ether oxygens (including phenoxy) is 1. The number of nitrogens with zero attached hydrogens (tertiary/aromatic N) is 2. The molecule has 1 aliphatic heterocycles. The molecule has 0 saturated carbocycles. The van der Waals surface area contributed by atoms with Crippen LogP contribution in [0.2, 0.25) is 0 Å². The molecule has 1 aromatic rings. The van der Waals surface area contributed by atoms with Gasteiger partial charge in [-0.1, -0.05) is 13.8 Å². The van der Waals surface area contributed by atoms with Gasteiger partial charge in [0.1, 0.15) is 5.75 Å². The summed E-state index contributed by atoms with van der Waals surface area (Å²) in [6.07, 6.45) is 4.48. The van der Waals surface area contributed by atoms with E-state index in [1.54, 1.807) is 18.2 Å². The van der Waals surface area contributed by atoms with Gasteiger partial charge in [0.25, 0.3) is 5.91 Å². The number of hydrogen-bond donors (Lipinski definition) is 1. The molecule has 0 bridgehead atoms. The van der Waals surface area contributed by atoms with Crippen LogP contribution in [0, 0.1) is 0 Å². The predicted octanol–water partition coefficient (Wildman–Crippen LogP) is 3.39. The number of rotatable bonds is 8. The molecule has 1 amide bonds. The fourth-order valence-corrected chi connectivity index (χ4v) is 3.62. The van der Waals surface area contributed by atoms with Crippen LogP contribution in [0.25, 0.3) is 0 Å². The van der Waals surface area contributed by atoms with Crippen molar-refractivity contribution >= 4 is 11.6 Å². The molecule has 5 nitrogen and oxygen atoms in total. The molecule has 2 rings (SSSR count). The highest BCUT2D eigenvalue weighted by molar-refractivity contribution is 5.95. The van der Waals surface area contributed by atoms with Gasteiger partial charge in [-0.2, -0.15) is 0 Å². The maximum absolute atomic E-state index is 12.8. The lowest BCUT2D eigenvalue weighted by Gasteiger charge is -2.38. The molecule has 0 atom stereocenters. The molecular formula is C20H33N3O2. The molecule has 0 radical (unpaired) electrons. The Balaban J connectivity index is 1.98. The second-order valence-electron chi connectivity index (χ2n) is 6.74. The molecule has 1 heterocycles. The van der Waals surface area contributed by atoms with E-state index in [1.807, 2.05) is 11.8 Å². The van der Waals surface area contributed by atoms with Crippen molar-refractivity contribution in [1.82, 2.24) is 9.80 Å². The average Bonchev–Trinajstić information content (AvgIpc) is 2.63. The van der Waals surface area contributed by atoms with E-state index in [-0.39, 0.29) is 5.91 Å². The van der Waals surface area contributed by atoms with Crippen LogP contribution in [0.3, 0.4) is 0 Å². The van der Waals surface area contributed by atoms with Crippen molar-refractivity contribution in [3.63, 3.8) is 0 Å². The minimum Gasteiger partial charge on any atom is -0.492 e. The Morgan fingerprint density at radius 1 is 1.20 bits per heavy atom. The van der Waals surface area contributed by atoms with Crippen LogP contribution in [-0.2, 0) is 0 Å². The first-order valence-electron chi connectivity index (χ1n) is 9.66. The molecule has 1 fully saturated rings. The number of carbonyl (C=O) groups excluding carboxylic acids is 1. The van der Waals surface area contributed by atoms with Gasteiger partial charge in [0.2, 0.25) is 0 Å². The molecular weight excluding hydrogens is 314 g/mol. The Morgan fingerprint density at radius 3 is 2.40 bits per heavy atom. The summed E-state index contributed by atoms with van der Waals surface area (Å²) in [7, 11) is 0. The molecule has 0 unspecified atom stereocenters. The first-order valence-corrected chi connectivity index (χ1v) is 9.66. The number of benzene rings is 1. The van der Waals surface area contributed by atoms with Crippen molar-refractivity contribution in [2.24, 2.45) is 0 Å². The number of amides is 1. The van der Waals surface area contributed by atoms with E-state index in [1.165, 1.54) is 12.8 Å². The van der Waals surface area contributed by atoms with Gasteiger partial charge in [0.05, 0.1) is 12.3 Å². The number of likely N-dealkylation sites (tertiary alicyclic amines) is 1. The van der Waals surface area contributed by atoms with Crippen LogP contribution in [0.1, 0.15) is 56.8 Å². The minimum absolute atomic E-state index is 0.0805. The topological polar surface area (TPSA) is 58.8 Å². The molecule has 2 N–H and O–H groups in total. The highest BCUT2D eigenvalue weighted by atomic mass is 16.5. The third kappa shape index (κ3) is 5.11. The molecule has 1 saturated heterocycles. The first kappa shape index (κ1) is 19.6. The zero-order chi connectivity index (χ0) is 18.2. The van der Waals surface area contributed by atoms with Crippen molar-refractivity contribution < 1.29 is 9.53 Å². The van der Waals surface area contributed by atoms with Crippen molar-refractivity contribution in [1.29, 1.82) is 0 Å². The van der Waals surface area contributed by atoms with Gasteiger partial charge in [-0.05, 0) is 63.9 Å². The van der Waals surface area contributed by atoms with Crippen LogP contribution in [0.4, 0.5) is 5.69 Å². The molecule has 140 valence electrons. The second kappa shape index (κ2) is 9.66. The van der Waals surface area contributed by atoms with E-state index >= 15 is 0 Å². The molecule has 25 heavy (non-hydrogen) atoms. The molecule has 5 heteroatoms. The van der Waals surface area contributed by atoms with E-state index in [0.717, 1.165) is 39.0 Å². The van der Waals surface area contributed by atoms with Crippen molar-refractivity contribution in [3.8, 4) is 5.75 Å². The van der Waals surface area contributed by atoms with Gasteiger partial charge in [-0.15, -0.1) is 0 Å². The summed E-state index contributed by atoms with van der Waals surface area (Å²) in [5.41, 5.74) is 7.15. The fraction of sp³-hybridized carbons (Fsp3) is 0.650. The number of carbonyl (C=O) groups is 1. The summed E-state index contributed by atoms with van der Waals surface area (Å²) >= 11 is 0. The first-order chi connectivity index (χ1) is 12.1. The minimum atomic E-state index is 0.0805. The SMILES string of the molecule is CCCN(CCC)C1CCN(C(=O)c2ccc(N)c(OCC)c2)CC1. The maximum atomic E-state index is 12.8. The normalized spacial score (nSPS) is 15.6. The Labute approximate surface area is 152 Å². The van der Waals surface area contributed by atoms with E-state index < -0.39 is 0 Å². The Kier molecular flexibility index (Phi) is 7.56. The number of anilines is 1. The molecule has 0 spiro atoms. The van der Waals surface area contributed by atoms with Gasteiger partial charge < -0.3 is 20.3 Å². The van der Waals surface area contributed by atoms with Crippen LogP contribution in [0.5, 0.6) is 5.75 Å². The lowest BCUT2D eigenvalue weighted by Crippen LogP contribution is -2.47. The number of nitrogen functional groups attached to an aromatic ring is 1. The van der Waals surface area contributed by atoms with E-state index in [0.29, 0.717) is 29.6 Å². The maximum Gasteiger partial charge on any atom is 0.253 e. The average molecular weight is 348 g/mol. The summed E-state index contributed by atoms with van der Waals surface area (Å²) in [6.45, 7) is 10.9. The van der Waals surface area contributed by atoms with Crippen LogP contribution < -0.4 is 10.5 Å². The standard InChI is InChI=1S/C20H33N3O2/c1-4-11-22(12-5-2)17-9-13-23(14-10-17)20(24)16-7-8-18(21)19(15-16)25-6-3/h7-8,15,17H,4-6,9-14,21H2,1-3H3. The van der Waals surface area contributed by atoms with Gasteiger partial charge in [0, 0.05) is 24.7 Å². The van der Waals surface area contributed by atoms with E-state index in [4.69, 9.17) is 10.5 Å². The van der Waals surface area contributed by atoms with Crippen LogP contribution >= 0.6 is 0 Å². The summed E-state index contributed by atoms with van der Waals surface area (Å²) in [6, 6.07) is 5.93. The Hall–Kier alpha value is -1.75. The number of piperidine rings is 1. The lowest BCUT2D eigenvalue weighted by molar-refractivity contribution is 0.0618. The van der Waals surface area contributed by atoms with Gasteiger partial charge in [0.15, 0.2) is 0 Å². The zero-order valence-electron chi connectivity index (χ0n) is 16.0. The van der Waals surface area contributed by atoms with E-state index in [2.05, 4.69) is 18.7 Å². The predicted molar refractivity (Wildman–Crippen MR) is 103 cm³/mol. The highest BCUT2D eigenvalue weighted by Gasteiger charge is 2.27. The van der Waals surface area contributed by atoms with Crippen molar-refractivity contribution in [3.05, 3.63) is 23.8 Å². The van der Waals surface area contributed by atoms with Crippen LogP contribution in [-0.4, -0.2) is 54.5 Å². The lowest BCUT2D eigenvalue weighted by atomic mass is 10.0. The summed E-state index contributed by atoms with van der Waals surface area (Å²) in [5, 5.41) is 0. The number of nitrogens with two attached hydrogens (primary N) is 1. The second-order valence-corrected chi connectivity index (χ2v) is 6.74. The van der Waals surface area contributed by atoms with Gasteiger partial charge in [-0.3, -0.25) is 4.79 Å². The summed E-state index contributed by atoms with van der Waals surface area (Å²) < 4.78 is 5.51. The van der Waals surface area contributed by atoms with Crippen molar-refractivity contribution in [2.75, 3.05) is 38.5 Å². The molecule has 1 aliphatic rings. The number of hydrogen-bond acceptors (Lipinski definition) is 4. The largest absolute Gasteiger partial charge is 0.492 e. The molecule has 1 aromatic carbocycles. The summed E-state index contributed by atoms with van der Waals surface area (Å²) in [4.78, 5) is 17.4.